The number of halogens is 1. The van der Waals surface area contributed by atoms with Gasteiger partial charge < -0.3 is 15.0 Å². The van der Waals surface area contributed by atoms with Gasteiger partial charge in [-0.2, -0.15) is 0 Å². The molecule has 0 fully saturated rings. The van der Waals surface area contributed by atoms with Crippen LogP contribution in [0.2, 0.25) is 5.02 Å². The average molecular weight is 301 g/mol. The Hall–Kier alpha value is -1.82. The van der Waals surface area contributed by atoms with Crippen molar-refractivity contribution in [1.82, 2.24) is 9.88 Å². The van der Waals surface area contributed by atoms with Crippen molar-refractivity contribution in [1.29, 1.82) is 0 Å². The number of carbonyl (C=O) groups is 2. The molecule has 0 aromatic carbocycles. The molecule has 1 amide bonds. The Balaban J connectivity index is 2.61. The third-order valence-corrected chi connectivity index (χ3v) is 3.00. The summed E-state index contributed by atoms with van der Waals surface area (Å²) in [5.74, 6) is -1.71. The van der Waals surface area contributed by atoms with Crippen LogP contribution in [-0.2, 0) is 16.1 Å². The Morgan fingerprint density at radius 1 is 1.40 bits per heavy atom. The fourth-order valence-electron chi connectivity index (χ4n) is 1.66. The molecule has 0 saturated heterocycles. The normalized spacial score (nSPS) is 12.2. The number of aromatic nitrogens is 1. The molecule has 7 heteroatoms. The van der Waals surface area contributed by atoms with Crippen molar-refractivity contribution in [2.24, 2.45) is 5.92 Å². The van der Waals surface area contributed by atoms with E-state index in [4.69, 9.17) is 16.7 Å². The number of amides is 1. The molecular weight excluding hydrogens is 284 g/mol. The van der Waals surface area contributed by atoms with Gasteiger partial charge >= 0.3 is 5.97 Å². The smallest absolute Gasteiger partial charge is 0.326 e. The van der Waals surface area contributed by atoms with Crippen molar-refractivity contribution < 1.29 is 14.7 Å². The molecule has 0 aliphatic rings. The quantitative estimate of drug-likeness (QED) is 0.824. The second kappa shape index (κ2) is 7.09. The van der Waals surface area contributed by atoms with Crippen molar-refractivity contribution in [2.45, 2.75) is 32.9 Å². The molecule has 6 nitrogen and oxygen atoms in total. The number of carboxylic acid groups (broad SMARTS) is 1. The van der Waals surface area contributed by atoms with Gasteiger partial charge in [-0.05, 0) is 12.0 Å². The molecule has 2 N–H and O–H groups in total. The Morgan fingerprint density at radius 3 is 2.60 bits per heavy atom. The van der Waals surface area contributed by atoms with Crippen molar-refractivity contribution in [3.8, 4) is 0 Å². The van der Waals surface area contributed by atoms with E-state index >= 15 is 0 Å². The highest BCUT2D eigenvalue weighted by Crippen LogP contribution is 2.05. The number of carbonyl (C=O) groups excluding carboxylic acids is 1. The van der Waals surface area contributed by atoms with Crippen molar-refractivity contribution >= 4 is 23.5 Å². The molecule has 0 radical (unpaired) electrons. The van der Waals surface area contributed by atoms with E-state index in [9.17, 15) is 14.4 Å². The molecule has 0 bridgehead atoms. The summed E-state index contributed by atoms with van der Waals surface area (Å²) < 4.78 is 1.31. The number of pyridine rings is 1. The van der Waals surface area contributed by atoms with E-state index < -0.39 is 17.9 Å². The first-order chi connectivity index (χ1) is 9.31. The molecular formula is C13H17ClN2O4. The third kappa shape index (κ3) is 4.70. The largest absolute Gasteiger partial charge is 0.480 e. The van der Waals surface area contributed by atoms with Crippen molar-refractivity contribution in [3.63, 3.8) is 0 Å². The average Bonchev–Trinajstić information content (AvgIpc) is 2.36. The standard InChI is InChI=1S/C13H17ClN2O4/c1-8(2)12(13(19)20)15-10(17)5-6-16-7-9(14)3-4-11(16)18/h3-4,7-8,12H,5-6H2,1-2H3,(H,15,17)(H,19,20). The van der Waals surface area contributed by atoms with Gasteiger partial charge in [0.25, 0.3) is 5.56 Å². The van der Waals surface area contributed by atoms with E-state index in [1.54, 1.807) is 13.8 Å². The Morgan fingerprint density at radius 2 is 2.05 bits per heavy atom. The van der Waals surface area contributed by atoms with Gasteiger partial charge in [-0.3, -0.25) is 9.59 Å². The number of carboxylic acids is 1. The molecule has 1 heterocycles. The van der Waals surface area contributed by atoms with Crippen LogP contribution in [0.25, 0.3) is 0 Å². The summed E-state index contributed by atoms with van der Waals surface area (Å²) in [6.07, 6.45) is 1.45. The highest BCUT2D eigenvalue weighted by Gasteiger charge is 2.23. The first kappa shape index (κ1) is 16.2. The van der Waals surface area contributed by atoms with Crippen LogP contribution in [0.3, 0.4) is 0 Å². The number of hydrogen-bond acceptors (Lipinski definition) is 3. The number of aliphatic carboxylic acids is 1. The summed E-state index contributed by atoms with van der Waals surface area (Å²) in [6.45, 7) is 3.57. The first-order valence-corrected chi connectivity index (χ1v) is 6.57. The van der Waals surface area contributed by atoms with Crippen LogP contribution >= 0.6 is 11.6 Å². The molecule has 0 aliphatic carbocycles. The fraction of sp³-hybridized carbons (Fsp3) is 0.462. The molecule has 0 saturated carbocycles. The van der Waals surface area contributed by atoms with E-state index in [0.29, 0.717) is 5.02 Å². The van der Waals surface area contributed by atoms with Gasteiger partial charge in [0.15, 0.2) is 0 Å². The summed E-state index contributed by atoms with van der Waals surface area (Å²) in [7, 11) is 0. The van der Waals surface area contributed by atoms with Crippen LogP contribution in [0, 0.1) is 5.92 Å². The molecule has 0 aliphatic heterocycles. The van der Waals surface area contributed by atoms with Gasteiger partial charge in [0.1, 0.15) is 6.04 Å². The third-order valence-electron chi connectivity index (χ3n) is 2.78. The highest BCUT2D eigenvalue weighted by molar-refractivity contribution is 6.30. The molecule has 20 heavy (non-hydrogen) atoms. The van der Waals surface area contributed by atoms with Gasteiger partial charge in [0.05, 0.1) is 5.02 Å². The Kier molecular flexibility index (Phi) is 5.76. The predicted octanol–water partition coefficient (Wildman–Crippen LogP) is 1.12. The van der Waals surface area contributed by atoms with Gasteiger partial charge in [0, 0.05) is 25.2 Å². The minimum Gasteiger partial charge on any atom is -0.480 e. The molecule has 1 aromatic heterocycles. The van der Waals surface area contributed by atoms with E-state index in [0.717, 1.165) is 0 Å². The lowest BCUT2D eigenvalue weighted by Crippen LogP contribution is -2.44. The predicted molar refractivity (Wildman–Crippen MR) is 74.7 cm³/mol. The number of rotatable bonds is 6. The molecule has 0 spiro atoms. The van der Waals surface area contributed by atoms with E-state index in [1.165, 1.54) is 22.9 Å². The van der Waals surface area contributed by atoms with Gasteiger partial charge in [-0.1, -0.05) is 25.4 Å². The Bertz CT molecular complexity index is 554. The minimum atomic E-state index is -1.08. The monoisotopic (exact) mass is 300 g/mol. The van der Waals surface area contributed by atoms with Crippen LogP contribution in [0.4, 0.5) is 0 Å². The maximum Gasteiger partial charge on any atom is 0.326 e. The topological polar surface area (TPSA) is 88.4 Å². The van der Waals surface area contributed by atoms with E-state index in [-0.39, 0.29) is 24.4 Å². The zero-order valence-electron chi connectivity index (χ0n) is 11.3. The Labute approximate surface area is 121 Å². The first-order valence-electron chi connectivity index (χ1n) is 6.19. The number of nitrogens with one attached hydrogen (secondary N) is 1. The van der Waals surface area contributed by atoms with Crippen LogP contribution in [0.1, 0.15) is 20.3 Å². The summed E-state index contributed by atoms with van der Waals surface area (Å²) >= 11 is 5.76. The maximum absolute atomic E-state index is 11.7. The van der Waals surface area contributed by atoms with Crippen LogP contribution < -0.4 is 10.9 Å². The lowest BCUT2D eigenvalue weighted by molar-refractivity contribution is -0.143. The molecule has 1 atom stereocenters. The molecule has 1 aromatic rings. The van der Waals surface area contributed by atoms with Crippen LogP contribution in [-0.4, -0.2) is 27.6 Å². The SMILES string of the molecule is CC(C)C(NC(=O)CCn1cc(Cl)ccc1=O)C(=O)O. The van der Waals surface area contributed by atoms with Gasteiger partial charge in [-0.15, -0.1) is 0 Å². The van der Waals surface area contributed by atoms with Crippen molar-refractivity contribution in [3.05, 3.63) is 33.7 Å². The summed E-state index contributed by atoms with van der Waals surface area (Å²) in [5, 5.41) is 11.8. The van der Waals surface area contributed by atoms with Gasteiger partial charge in [-0.25, -0.2) is 4.79 Å². The van der Waals surface area contributed by atoms with Crippen molar-refractivity contribution in [2.75, 3.05) is 0 Å². The van der Waals surface area contributed by atoms with Crippen LogP contribution in [0.15, 0.2) is 23.1 Å². The summed E-state index contributed by atoms with van der Waals surface area (Å²) in [6, 6.07) is 1.85. The summed E-state index contributed by atoms with van der Waals surface area (Å²) in [5.41, 5.74) is -0.263. The summed E-state index contributed by atoms with van der Waals surface area (Å²) in [4.78, 5) is 34.2. The maximum atomic E-state index is 11.7. The van der Waals surface area contributed by atoms with Crippen LogP contribution in [0.5, 0.6) is 0 Å². The van der Waals surface area contributed by atoms with E-state index in [2.05, 4.69) is 5.32 Å². The van der Waals surface area contributed by atoms with E-state index in [1.807, 2.05) is 0 Å². The molecule has 110 valence electrons. The number of aryl methyl sites for hydroxylation is 1. The molecule has 1 rings (SSSR count). The number of hydrogen-bond donors (Lipinski definition) is 2. The highest BCUT2D eigenvalue weighted by atomic mass is 35.5. The second-order valence-corrected chi connectivity index (χ2v) is 5.19. The lowest BCUT2D eigenvalue weighted by atomic mass is 10.0. The minimum absolute atomic E-state index is 0.0107. The fourth-order valence-corrected chi connectivity index (χ4v) is 1.84. The lowest BCUT2D eigenvalue weighted by Gasteiger charge is -2.18. The number of nitrogens with zero attached hydrogens (tertiary/aromatic N) is 1. The van der Waals surface area contributed by atoms with Gasteiger partial charge in [0.2, 0.25) is 5.91 Å². The molecule has 1 unspecified atom stereocenters. The zero-order valence-corrected chi connectivity index (χ0v) is 12.1. The zero-order chi connectivity index (χ0) is 15.3. The second-order valence-electron chi connectivity index (χ2n) is 4.76.